The van der Waals surface area contributed by atoms with Crippen molar-refractivity contribution in [2.24, 2.45) is 5.92 Å². The predicted octanol–water partition coefficient (Wildman–Crippen LogP) is 2.91. The summed E-state index contributed by atoms with van der Waals surface area (Å²) in [5.41, 5.74) is 4.61. The lowest BCUT2D eigenvalue weighted by Gasteiger charge is -2.15. The van der Waals surface area contributed by atoms with Gasteiger partial charge in [0.15, 0.2) is 0 Å². The van der Waals surface area contributed by atoms with Gasteiger partial charge < -0.3 is 25.2 Å². The Labute approximate surface area is 192 Å². The molecule has 33 heavy (non-hydrogen) atoms. The molecule has 3 N–H and O–H groups in total. The molecule has 1 fully saturated rings. The summed E-state index contributed by atoms with van der Waals surface area (Å²) < 4.78 is 10.7. The van der Waals surface area contributed by atoms with Crippen molar-refractivity contribution in [3.05, 3.63) is 59.7 Å². The molecule has 0 bridgehead atoms. The second-order valence-electron chi connectivity index (χ2n) is 8.44. The molecule has 0 saturated heterocycles. The predicted molar refractivity (Wildman–Crippen MR) is 121 cm³/mol. The smallest absolute Gasteiger partial charge is 0.407 e. The van der Waals surface area contributed by atoms with E-state index in [1.807, 2.05) is 24.3 Å². The molecule has 0 heterocycles. The van der Waals surface area contributed by atoms with Crippen molar-refractivity contribution in [3.8, 4) is 11.1 Å². The Morgan fingerprint density at radius 1 is 1.00 bits per heavy atom. The summed E-state index contributed by atoms with van der Waals surface area (Å²) in [5.74, 6) is -1.15. The van der Waals surface area contributed by atoms with E-state index < -0.39 is 24.0 Å². The molecular formula is C25H28N2O6. The Morgan fingerprint density at radius 3 is 2.24 bits per heavy atom. The zero-order valence-corrected chi connectivity index (χ0v) is 18.3. The molecule has 1 saturated carbocycles. The maximum absolute atomic E-state index is 12.1. The van der Waals surface area contributed by atoms with Gasteiger partial charge in [-0.2, -0.15) is 0 Å². The van der Waals surface area contributed by atoms with Crippen LogP contribution in [0.3, 0.4) is 0 Å². The lowest BCUT2D eigenvalue weighted by Crippen LogP contribution is -2.43. The molecule has 4 rings (SSSR count). The Kier molecular flexibility index (Phi) is 7.24. The number of amides is 2. The third-order valence-electron chi connectivity index (χ3n) is 5.99. The van der Waals surface area contributed by atoms with Gasteiger partial charge in [-0.3, -0.25) is 4.79 Å². The lowest BCUT2D eigenvalue weighted by molar-refractivity contribution is -0.142. The average Bonchev–Trinajstić information content (AvgIpc) is 3.57. The van der Waals surface area contributed by atoms with Gasteiger partial charge in [0.1, 0.15) is 19.3 Å². The number of aliphatic carboxylic acids is 1. The van der Waals surface area contributed by atoms with Crippen molar-refractivity contribution in [3.63, 3.8) is 0 Å². The summed E-state index contributed by atoms with van der Waals surface area (Å²) in [5, 5.41) is 14.3. The van der Waals surface area contributed by atoms with E-state index in [1.165, 1.54) is 0 Å². The van der Waals surface area contributed by atoms with Gasteiger partial charge in [-0.25, -0.2) is 9.59 Å². The van der Waals surface area contributed by atoms with E-state index in [4.69, 9.17) is 9.47 Å². The van der Waals surface area contributed by atoms with Crippen molar-refractivity contribution in [1.29, 1.82) is 0 Å². The second kappa shape index (κ2) is 10.5. The highest BCUT2D eigenvalue weighted by atomic mass is 16.5. The maximum atomic E-state index is 12.1. The molecule has 1 unspecified atom stereocenters. The summed E-state index contributed by atoms with van der Waals surface area (Å²) in [7, 11) is 0. The minimum atomic E-state index is -1.04. The number of carboxylic acids is 1. The van der Waals surface area contributed by atoms with Crippen LogP contribution in [0.4, 0.5) is 4.79 Å². The van der Waals surface area contributed by atoms with Crippen molar-refractivity contribution >= 4 is 18.0 Å². The number of rotatable bonds is 11. The van der Waals surface area contributed by atoms with Crippen LogP contribution in [-0.2, 0) is 19.1 Å². The highest BCUT2D eigenvalue weighted by molar-refractivity contribution is 5.84. The van der Waals surface area contributed by atoms with E-state index in [-0.39, 0.29) is 32.3 Å². The largest absolute Gasteiger partial charge is 0.480 e. The van der Waals surface area contributed by atoms with Gasteiger partial charge >= 0.3 is 12.1 Å². The fourth-order valence-corrected chi connectivity index (χ4v) is 4.18. The molecular weight excluding hydrogens is 424 g/mol. The van der Waals surface area contributed by atoms with Gasteiger partial charge in [-0.15, -0.1) is 0 Å². The quantitative estimate of drug-likeness (QED) is 0.452. The number of fused-ring (bicyclic) bond motifs is 3. The van der Waals surface area contributed by atoms with Gasteiger partial charge in [-0.05, 0) is 34.6 Å². The number of alkyl carbamates (subject to hydrolysis) is 1. The van der Waals surface area contributed by atoms with E-state index in [1.54, 1.807) is 0 Å². The first kappa shape index (κ1) is 22.8. The summed E-state index contributed by atoms with van der Waals surface area (Å²) in [4.78, 5) is 35.2. The summed E-state index contributed by atoms with van der Waals surface area (Å²) in [6.07, 6.45) is 1.92. The number of carboxylic acid groups (broad SMARTS) is 1. The monoisotopic (exact) mass is 452 g/mol. The van der Waals surface area contributed by atoms with Crippen molar-refractivity contribution < 1.29 is 29.0 Å². The topological polar surface area (TPSA) is 114 Å². The van der Waals surface area contributed by atoms with Gasteiger partial charge in [0.2, 0.25) is 5.91 Å². The fourth-order valence-electron chi connectivity index (χ4n) is 4.18. The number of nitrogens with one attached hydrogen (secondary N) is 2. The second-order valence-corrected chi connectivity index (χ2v) is 8.44. The molecule has 0 aliphatic heterocycles. The van der Waals surface area contributed by atoms with Crippen molar-refractivity contribution in [1.82, 2.24) is 10.6 Å². The molecule has 2 aliphatic carbocycles. The fraction of sp³-hybridized carbons (Fsp3) is 0.400. The van der Waals surface area contributed by atoms with Crippen LogP contribution in [0.15, 0.2) is 48.5 Å². The number of hydrogen-bond acceptors (Lipinski definition) is 5. The van der Waals surface area contributed by atoms with E-state index in [9.17, 15) is 19.5 Å². The third kappa shape index (κ3) is 5.90. The Morgan fingerprint density at radius 2 is 1.64 bits per heavy atom. The Balaban J connectivity index is 1.15. The number of carbonyl (C=O) groups excluding carboxylic acids is 2. The summed E-state index contributed by atoms with van der Waals surface area (Å²) in [6.45, 7) is 0.244. The first-order chi connectivity index (χ1) is 16.0. The molecule has 2 aromatic carbocycles. The normalized spacial score (nSPS) is 15.3. The van der Waals surface area contributed by atoms with Crippen molar-refractivity contribution in [2.75, 3.05) is 26.4 Å². The molecule has 8 nitrogen and oxygen atoms in total. The lowest BCUT2D eigenvalue weighted by atomic mass is 9.98. The van der Waals surface area contributed by atoms with E-state index in [0.717, 1.165) is 35.1 Å². The molecule has 174 valence electrons. The molecule has 8 heteroatoms. The standard InChI is InChI=1S/C25H28N2O6/c28-23(27-22(24(29)30)13-16-9-10-16)15-32-12-11-26-25(31)33-14-21-19-7-3-1-5-17(19)18-6-2-4-8-20(18)21/h1-8,16,21-22H,9-15H2,(H,26,31)(H,27,28)(H,29,30). The van der Waals surface area contributed by atoms with Crippen LogP contribution < -0.4 is 10.6 Å². The summed E-state index contributed by atoms with van der Waals surface area (Å²) >= 11 is 0. The SMILES string of the molecule is O=C(COCCNC(=O)OCC1c2ccccc2-c2ccccc21)NC(CC1CC1)C(=O)O. The molecule has 1 atom stereocenters. The number of ether oxygens (including phenoxy) is 2. The zero-order chi connectivity index (χ0) is 23.2. The van der Waals surface area contributed by atoms with Crippen LogP contribution in [0.2, 0.25) is 0 Å². The highest BCUT2D eigenvalue weighted by Gasteiger charge is 2.30. The first-order valence-electron chi connectivity index (χ1n) is 11.2. The Hall–Kier alpha value is -3.39. The highest BCUT2D eigenvalue weighted by Crippen LogP contribution is 2.44. The van der Waals surface area contributed by atoms with Gasteiger partial charge in [0.25, 0.3) is 0 Å². The molecule has 0 radical (unpaired) electrons. The zero-order valence-electron chi connectivity index (χ0n) is 18.3. The molecule has 2 amide bonds. The van der Waals surface area contributed by atoms with E-state index >= 15 is 0 Å². The molecule has 0 aromatic heterocycles. The summed E-state index contributed by atoms with van der Waals surface area (Å²) in [6, 6.07) is 15.3. The van der Waals surface area contributed by atoms with Crippen LogP contribution in [0.5, 0.6) is 0 Å². The van der Waals surface area contributed by atoms with Crippen LogP contribution in [-0.4, -0.2) is 55.5 Å². The van der Waals surface area contributed by atoms with Gasteiger partial charge in [0, 0.05) is 12.5 Å². The van der Waals surface area contributed by atoms with Gasteiger partial charge in [0.05, 0.1) is 6.61 Å². The minimum absolute atomic E-state index is 0.0130. The molecule has 2 aliphatic rings. The Bertz CT molecular complexity index is 974. The number of carbonyl (C=O) groups is 3. The van der Waals surface area contributed by atoms with E-state index in [0.29, 0.717) is 12.3 Å². The minimum Gasteiger partial charge on any atom is -0.480 e. The number of benzene rings is 2. The maximum Gasteiger partial charge on any atom is 0.407 e. The average molecular weight is 453 g/mol. The number of hydrogen-bond donors (Lipinski definition) is 3. The third-order valence-corrected chi connectivity index (χ3v) is 5.99. The molecule has 0 spiro atoms. The van der Waals surface area contributed by atoms with Crippen molar-refractivity contribution in [2.45, 2.75) is 31.2 Å². The van der Waals surface area contributed by atoms with E-state index in [2.05, 4.69) is 34.9 Å². The van der Waals surface area contributed by atoms with Crippen LogP contribution >= 0.6 is 0 Å². The van der Waals surface area contributed by atoms with Crippen LogP contribution in [0, 0.1) is 5.92 Å². The first-order valence-corrected chi connectivity index (χ1v) is 11.2. The van der Waals surface area contributed by atoms with Crippen LogP contribution in [0.1, 0.15) is 36.3 Å². The van der Waals surface area contributed by atoms with Crippen LogP contribution in [0.25, 0.3) is 11.1 Å². The molecule has 2 aromatic rings. The van der Waals surface area contributed by atoms with Gasteiger partial charge in [-0.1, -0.05) is 61.4 Å².